The van der Waals surface area contributed by atoms with Crippen molar-refractivity contribution in [3.8, 4) is 5.75 Å². The first kappa shape index (κ1) is 18.6. The van der Waals surface area contributed by atoms with Gasteiger partial charge in [-0.25, -0.2) is 8.78 Å². The highest BCUT2D eigenvalue weighted by molar-refractivity contribution is 5.94. The molecular formula is C22H19F2NO2. The summed E-state index contributed by atoms with van der Waals surface area (Å²) in [7, 11) is 3.01. The van der Waals surface area contributed by atoms with E-state index in [4.69, 9.17) is 4.74 Å². The molecule has 27 heavy (non-hydrogen) atoms. The number of hydrogen-bond acceptors (Lipinski definition) is 2. The first-order valence-electron chi connectivity index (χ1n) is 8.42. The SMILES string of the molecule is COc1ccc(C(=O)N(C)C(c2ccccc2)c2ccc(F)cc2)cc1F. The fourth-order valence-electron chi connectivity index (χ4n) is 3.04. The summed E-state index contributed by atoms with van der Waals surface area (Å²) in [5.41, 5.74) is 1.83. The lowest BCUT2D eigenvalue weighted by Gasteiger charge is -2.29. The van der Waals surface area contributed by atoms with Crippen LogP contribution in [0.1, 0.15) is 27.5 Å². The standard InChI is InChI=1S/C22H19F2NO2/c1-25(22(26)17-10-13-20(27-2)19(24)14-17)21(15-6-4-3-5-7-15)16-8-11-18(23)12-9-16/h3-14,21H,1-2H3. The van der Waals surface area contributed by atoms with E-state index in [-0.39, 0.29) is 23.0 Å². The van der Waals surface area contributed by atoms with Gasteiger partial charge in [0.25, 0.3) is 5.91 Å². The van der Waals surface area contributed by atoms with E-state index in [9.17, 15) is 13.6 Å². The lowest BCUT2D eigenvalue weighted by Crippen LogP contribution is -2.32. The Bertz CT molecular complexity index is 927. The number of hydrogen-bond donors (Lipinski definition) is 0. The zero-order valence-corrected chi connectivity index (χ0v) is 15.0. The molecule has 0 bridgehead atoms. The maximum Gasteiger partial charge on any atom is 0.254 e. The average Bonchev–Trinajstić information content (AvgIpc) is 2.69. The highest BCUT2D eigenvalue weighted by atomic mass is 19.1. The van der Waals surface area contributed by atoms with Gasteiger partial charge in [0.1, 0.15) is 5.82 Å². The zero-order chi connectivity index (χ0) is 19.4. The molecule has 0 heterocycles. The third kappa shape index (κ3) is 3.97. The fraction of sp³-hybridized carbons (Fsp3) is 0.136. The highest BCUT2D eigenvalue weighted by Crippen LogP contribution is 2.29. The number of nitrogens with zero attached hydrogens (tertiary/aromatic N) is 1. The molecule has 0 spiro atoms. The molecule has 0 fully saturated rings. The second kappa shape index (κ2) is 7.99. The number of carbonyl (C=O) groups is 1. The van der Waals surface area contributed by atoms with E-state index in [1.807, 2.05) is 30.3 Å². The molecule has 0 aliphatic carbocycles. The molecule has 138 valence electrons. The number of halogens is 2. The number of benzene rings is 3. The van der Waals surface area contributed by atoms with Crippen LogP contribution in [0.5, 0.6) is 5.75 Å². The first-order valence-corrected chi connectivity index (χ1v) is 8.42. The Labute approximate surface area is 156 Å². The number of carbonyl (C=O) groups excluding carboxylic acids is 1. The maximum absolute atomic E-state index is 14.0. The van der Waals surface area contributed by atoms with Crippen molar-refractivity contribution in [1.29, 1.82) is 0 Å². The molecule has 0 saturated heterocycles. The van der Waals surface area contributed by atoms with Crippen molar-refractivity contribution in [3.63, 3.8) is 0 Å². The van der Waals surface area contributed by atoms with E-state index in [1.54, 1.807) is 19.2 Å². The molecule has 3 aromatic carbocycles. The van der Waals surface area contributed by atoms with Gasteiger partial charge < -0.3 is 9.64 Å². The molecule has 1 atom stereocenters. The number of amides is 1. The summed E-state index contributed by atoms with van der Waals surface area (Å²) in [6, 6.07) is 19.1. The third-order valence-corrected chi connectivity index (χ3v) is 4.41. The first-order chi connectivity index (χ1) is 13.0. The minimum atomic E-state index is -0.602. The Morgan fingerprint density at radius 1 is 0.926 bits per heavy atom. The van der Waals surface area contributed by atoms with Crippen LogP contribution in [0.2, 0.25) is 0 Å². The Morgan fingerprint density at radius 2 is 1.56 bits per heavy atom. The lowest BCUT2D eigenvalue weighted by molar-refractivity contribution is 0.0754. The summed E-state index contributed by atoms with van der Waals surface area (Å²) in [5.74, 6) is -1.23. The van der Waals surface area contributed by atoms with Gasteiger partial charge in [0, 0.05) is 12.6 Å². The third-order valence-electron chi connectivity index (χ3n) is 4.41. The van der Waals surface area contributed by atoms with Crippen LogP contribution in [0.3, 0.4) is 0 Å². The lowest BCUT2D eigenvalue weighted by atomic mass is 9.96. The van der Waals surface area contributed by atoms with Crippen molar-refractivity contribution < 1.29 is 18.3 Å². The molecule has 3 rings (SSSR count). The zero-order valence-electron chi connectivity index (χ0n) is 15.0. The highest BCUT2D eigenvalue weighted by Gasteiger charge is 2.25. The molecule has 1 amide bonds. The Kier molecular flexibility index (Phi) is 5.50. The summed E-state index contributed by atoms with van der Waals surface area (Å²) in [6.45, 7) is 0. The second-order valence-electron chi connectivity index (χ2n) is 6.13. The molecule has 0 saturated carbocycles. The van der Waals surface area contributed by atoms with Gasteiger partial charge in [-0.05, 0) is 41.5 Å². The van der Waals surface area contributed by atoms with E-state index in [0.717, 1.165) is 17.2 Å². The molecule has 0 aromatic heterocycles. The average molecular weight is 367 g/mol. The van der Waals surface area contributed by atoms with Crippen molar-refractivity contribution in [3.05, 3.63) is 101 Å². The van der Waals surface area contributed by atoms with Gasteiger partial charge in [0.15, 0.2) is 11.6 Å². The van der Waals surface area contributed by atoms with Crippen LogP contribution in [0.4, 0.5) is 8.78 Å². The molecule has 0 radical (unpaired) electrons. The van der Waals surface area contributed by atoms with Crippen molar-refractivity contribution in [2.24, 2.45) is 0 Å². The molecule has 3 aromatic rings. The van der Waals surface area contributed by atoms with Gasteiger partial charge in [-0.15, -0.1) is 0 Å². The van der Waals surface area contributed by atoms with E-state index < -0.39 is 11.9 Å². The summed E-state index contributed by atoms with van der Waals surface area (Å²) in [4.78, 5) is 14.5. The summed E-state index contributed by atoms with van der Waals surface area (Å²) < 4.78 is 32.3. The molecule has 0 aliphatic heterocycles. The largest absolute Gasteiger partial charge is 0.494 e. The fourth-order valence-corrected chi connectivity index (χ4v) is 3.04. The summed E-state index contributed by atoms with van der Waals surface area (Å²) in [6.07, 6.45) is 0. The van der Waals surface area contributed by atoms with Gasteiger partial charge in [0.2, 0.25) is 0 Å². The number of rotatable bonds is 5. The predicted molar refractivity (Wildman–Crippen MR) is 99.7 cm³/mol. The smallest absolute Gasteiger partial charge is 0.254 e. The quantitative estimate of drug-likeness (QED) is 0.646. The van der Waals surface area contributed by atoms with Crippen LogP contribution in [0.15, 0.2) is 72.8 Å². The van der Waals surface area contributed by atoms with Crippen LogP contribution in [-0.2, 0) is 0 Å². The molecular weight excluding hydrogens is 348 g/mol. The molecule has 0 N–H and O–H groups in total. The van der Waals surface area contributed by atoms with Crippen molar-refractivity contribution in [2.45, 2.75) is 6.04 Å². The molecule has 1 unspecified atom stereocenters. The van der Waals surface area contributed by atoms with E-state index in [1.165, 1.54) is 36.3 Å². The van der Waals surface area contributed by atoms with Crippen molar-refractivity contribution in [1.82, 2.24) is 4.90 Å². The van der Waals surface area contributed by atoms with Crippen molar-refractivity contribution in [2.75, 3.05) is 14.2 Å². The van der Waals surface area contributed by atoms with E-state index in [2.05, 4.69) is 0 Å². The van der Waals surface area contributed by atoms with Crippen LogP contribution < -0.4 is 4.74 Å². The molecule has 3 nitrogen and oxygen atoms in total. The maximum atomic E-state index is 14.0. The van der Waals surface area contributed by atoms with Crippen molar-refractivity contribution >= 4 is 5.91 Å². The van der Waals surface area contributed by atoms with Crippen LogP contribution >= 0.6 is 0 Å². The summed E-state index contributed by atoms with van der Waals surface area (Å²) >= 11 is 0. The normalized spacial score (nSPS) is 11.7. The Hall–Kier alpha value is -3.21. The molecule has 0 aliphatic rings. The van der Waals surface area contributed by atoms with Crippen LogP contribution in [0, 0.1) is 11.6 Å². The minimum Gasteiger partial charge on any atom is -0.494 e. The van der Waals surface area contributed by atoms with Crippen LogP contribution in [0.25, 0.3) is 0 Å². The van der Waals surface area contributed by atoms with Gasteiger partial charge in [0.05, 0.1) is 13.2 Å². The second-order valence-corrected chi connectivity index (χ2v) is 6.13. The van der Waals surface area contributed by atoms with Gasteiger partial charge in [-0.2, -0.15) is 0 Å². The topological polar surface area (TPSA) is 29.5 Å². The van der Waals surface area contributed by atoms with Crippen LogP contribution in [-0.4, -0.2) is 25.0 Å². The van der Waals surface area contributed by atoms with E-state index in [0.29, 0.717) is 0 Å². The van der Waals surface area contributed by atoms with E-state index >= 15 is 0 Å². The summed E-state index contributed by atoms with van der Waals surface area (Å²) in [5, 5.41) is 0. The molecule has 5 heteroatoms. The van der Waals surface area contributed by atoms with Gasteiger partial charge >= 0.3 is 0 Å². The number of methoxy groups -OCH3 is 1. The van der Waals surface area contributed by atoms with Gasteiger partial charge in [-0.1, -0.05) is 42.5 Å². The minimum absolute atomic E-state index is 0.0762. The predicted octanol–water partition coefficient (Wildman–Crippen LogP) is 4.84. The van der Waals surface area contributed by atoms with Gasteiger partial charge in [-0.3, -0.25) is 4.79 Å². The number of ether oxygens (including phenoxy) is 1. The Morgan fingerprint density at radius 3 is 2.15 bits per heavy atom. The Balaban J connectivity index is 2.00. The monoisotopic (exact) mass is 367 g/mol.